The third kappa shape index (κ3) is 4.35. The molecule has 27 heavy (non-hydrogen) atoms. The zero-order valence-electron chi connectivity index (χ0n) is 14.5. The first-order valence-electron chi connectivity index (χ1n) is 8.25. The fraction of sp³-hybridized carbons (Fsp3) is 0.211. The Kier molecular flexibility index (Phi) is 5.55. The van der Waals surface area contributed by atoms with Gasteiger partial charge >= 0.3 is 12.0 Å². The summed E-state index contributed by atoms with van der Waals surface area (Å²) < 4.78 is 16.5. The van der Waals surface area contributed by atoms with Crippen LogP contribution in [0.2, 0.25) is 0 Å². The van der Waals surface area contributed by atoms with Crippen molar-refractivity contribution in [1.29, 1.82) is 0 Å². The molecule has 0 aromatic heterocycles. The number of urea groups is 1. The lowest BCUT2D eigenvalue weighted by molar-refractivity contribution is -0.165. The number of hydrogen-bond donors (Lipinski definition) is 2. The van der Waals surface area contributed by atoms with Gasteiger partial charge in [0.2, 0.25) is 12.2 Å². The molecule has 2 aromatic carbocycles. The number of amides is 3. The average molecular weight is 370 g/mol. The molecule has 1 aliphatic rings. The van der Waals surface area contributed by atoms with Crippen LogP contribution in [0.4, 0.5) is 4.79 Å². The molecule has 2 N–H and O–H groups in total. The molecule has 0 spiro atoms. The van der Waals surface area contributed by atoms with Gasteiger partial charge in [-0.15, -0.1) is 0 Å². The maximum atomic E-state index is 12.5. The number of carbonyl (C=O) groups excluding carboxylic acids is 3. The monoisotopic (exact) mass is 370 g/mol. The minimum absolute atomic E-state index is 0.0472. The van der Waals surface area contributed by atoms with Crippen LogP contribution < -0.4 is 20.1 Å². The normalized spacial score (nSPS) is 16.0. The summed E-state index contributed by atoms with van der Waals surface area (Å²) in [6, 6.07) is 14.6. The lowest BCUT2D eigenvalue weighted by Gasteiger charge is -2.26. The summed E-state index contributed by atoms with van der Waals surface area (Å²) >= 11 is 0. The molecule has 3 rings (SSSR count). The van der Waals surface area contributed by atoms with Gasteiger partial charge in [-0.25, -0.2) is 9.59 Å². The van der Waals surface area contributed by atoms with Gasteiger partial charge in [0.25, 0.3) is 5.91 Å². The van der Waals surface area contributed by atoms with Crippen molar-refractivity contribution in [2.24, 2.45) is 0 Å². The van der Waals surface area contributed by atoms with Gasteiger partial charge in [0.05, 0.1) is 0 Å². The number of fused-ring (bicyclic) bond motifs is 1. The Bertz CT molecular complexity index is 839. The predicted molar refractivity (Wildman–Crippen MR) is 94.2 cm³/mol. The molecule has 3 amide bonds. The van der Waals surface area contributed by atoms with Crippen molar-refractivity contribution in [1.82, 2.24) is 10.6 Å². The van der Waals surface area contributed by atoms with E-state index in [1.807, 2.05) is 0 Å². The van der Waals surface area contributed by atoms with Crippen molar-refractivity contribution >= 4 is 17.9 Å². The largest absolute Gasteiger partial charge is 0.485 e. The van der Waals surface area contributed by atoms with Gasteiger partial charge in [-0.3, -0.25) is 10.1 Å². The second kappa shape index (κ2) is 8.22. The van der Waals surface area contributed by atoms with Gasteiger partial charge in [0, 0.05) is 12.6 Å². The van der Waals surface area contributed by atoms with Crippen molar-refractivity contribution in [2.45, 2.75) is 12.2 Å². The highest BCUT2D eigenvalue weighted by molar-refractivity contribution is 5.97. The number of carbonyl (C=O) groups is 3. The lowest BCUT2D eigenvalue weighted by Crippen LogP contribution is -2.44. The average Bonchev–Trinajstić information content (AvgIpc) is 2.71. The van der Waals surface area contributed by atoms with Gasteiger partial charge in [-0.05, 0) is 12.1 Å². The Morgan fingerprint density at radius 1 is 1.04 bits per heavy atom. The summed E-state index contributed by atoms with van der Waals surface area (Å²) in [7, 11) is 1.37. The zero-order valence-corrected chi connectivity index (χ0v) is 14.5. The van der Waals surface area contributed by atoms with Gasteiger partial charge < -0.3 is 19.5 Å². The van der Waals surface area contributed by atoms with Crippen molar-refractivity contribution < 1.29 is 28.6 Å². The smallest absolute Gasteiger partial charge is 0.352 e. The molecule has 0 aliphatic carbocycles. The highest BCUT2D eigenvalue weighted by Crippen LogP contribution is 2.31. The molecule has 8 heteroatoms. The second-order valence-electron chi connectivity index (χ2n) is 5.66. The summed E-state index contributed by atoms with van der Waals surface area (Å²) in [5, 5.41) is 4.39. The molecule has 0 saturated carbocycles. The minimum atomic E-state index is -1.31. The van der Waals surface area contributed by atoms with E-state index in [1.54, 1.807) is 54.6 Å². The number of hydrogen-bond acceptors (Lipinski definition) is 6. The topological polar surface area (TPSA) is 103 Å². The van der Waals surface area contributed by atoms with Crippen LogP contribution in [0.15, 0.2) is 54.6 Å². The van der Waals surface area contributed by atoms with Crippen molar-refractivity contribution in [3.05, 3.63) is 60.2 Å². The summed E-state index contributed by atoms with van der Waals surface area (Å²) in [5.74, 6) is -0.605. The first-order chi connectivity index (χ1) is 13.1. The third-order valence-electron chi connectivity index (χ3n) is 3.81. The Hall–Kier alpha value is -3.55. The Labute approximate surface area is 155 Å². The molecule has 1 heterocycles. The van der Waals surface area contributed by atoms with Crippen molar-refractivity contribution in [3.63, 3.8) is 0 Å². The van der Waals surface area contributed by atoms with E-state index >= 15 is 0 Å². The van der Waals surface area contributed by atoms with Gasteiger partial charge in [-0.2, -0.15) is 0 Å². The van der Waals surface area contributed by atoms with E-state index in [0.29, 0.717) is 17.1 Å². The van der Waals surface area contributed by atoms with Crippen LogP contribution in [0, 0.1) is 0 Å². The van der Waals surface area contributed by atoms with Crippen LogP contribution in [0.5, 0.6) is 11.5 Å². The summed E-state index contributed by atoms with van der Waals surface area (Å²) in [6.07, 6.45) is -2.34. The van der Waals surface area contributed by atoms with Crippen LogP contribution in [0.1, 0.15) is 11.7 Å². The number of nitrogens with one attached hydrogen (secondary N) is 2. The summed E-state index contributed by atoms with van der Waals surface area (Å²) in [6.45, 7) is -0.0472. The first kappa shape index (κ1) is 18.2. The standard InChI is InChI=1S/C19H18N2O6/c1-20-19(24)21-17(22)16(12-7-3-2-4-8-12)27-18(23)15-11-25-13-9-5-6-10-14(13)26-15/h2-10,15-16H,11H2,1H3,(H2,20,21,22,24)/t15-,16-/m0/s1. The summed E-state index contributed by atoms with van der Waals surface area (Å²) in [5.41, 5.74) is 0.421. The molecule has 0 radical (unpaired) electrons. The number of ether oxygens (including phenoxy) is 3. The number of para-hydroxylation sites is 2. The van der Waals surface area contributed by atoms with Crippen molar-refractivity contribution in [3.8, 4) is 11.5 Å². The molecule has 8 nitrogen and oxygen atoms in total. The molecule has 140 valence electrons. The molecule has 0 unspecified atom stereocenters. The number of rotatable bonds is 4. The van der Waals surface area contributed by atoms with Gasteiger partial charge in [0.15, 0.2) is 11.5 Å². The molecule has 2 aromatic rings. The van der Waals surface area contributed by atoms with E-state index in [-0.39, 0.29) is 6.61 Å². The molecule has 0 saturated heterocycles. The lowest BCUT2D eigenvalue weighted by atomic mass is 10.1. The van der Waals surface area contributed by atoms with Crippen LogP contribution >= 0.6 is 0 Å². The van der Waals surface area contributed by atoms with Crippen LogP contribution in [-0.4, -0.2) is 37.7 Å². The maximum absolute atomic E-state index is 12.5. The van der Waals surface area contributed by atoms with Crippen LogP contribution in [-0.2, 0) is 14.3 Å². The quantitative estimate of drug-likeness (QED) is 0.792. The number of esters is 1. The Balaban J connectivity index is 1.75. The molecule has 0 fully saturated rings. The van der Waals surface area contributed by atoms with Crippen molar-refractivity contribution in [2.75, 3.05) is 13.7 Å². The van der Waals surface area contributed by atoms with E-state index in [1.165, 1.54) is 7.05 Å². The van der Waals surface area contributed by atoms with Gasteiger partial charge in [0.1, 0.15) is 6.61 Å². The zero-order chi connectivity index (χ0) is 19.2. The van der Waals surface area contributed by atoms with Crippen LogP contribution in [0.25, 0.3) is 0 Å². The Morgan fingerprint density at radius 2 is 1.70 bits per heavy atom. The fourth-order valence-electron chi connectivity index (χ4n) is 2.47. The van der Waals surface area contributed by atoms with Gasteiger partial charge in [-0.1, -0.05) is 42.5 Å². The molecular formula is C19H18N2O6. The minimum Gasteiger partial charge on any atom is -0.485 e. The molecular weight excluding hydrogens is 352 g/mol. The summed E-state index contributed by atoms with van der Waals surface area (Å²) in [4.78, 5) is 36.4. The highest BCUT2D eigenvalue weighted by atomic mass is 16.6. The van der Waals surface area contributed by atoms with Crippen LogP contribution in [0.3, 0.4) is 0 Å². The predicted octanol–water partition coefficient (Wildman–Crippen LogP) is 1.57. The highest BCUT2D eigenvalue weighted by Gasteiger charge is 2.33. The first-order valence-corrected chi connectivity index (χ1v) is 8.25. The van der Waals surface area contributed by atoms with E-state index in [0.717, 1.165) is 0 Å². The fourth-order valence-corrected chi connectivity index (χ4v) is 2.47. The second-order valence-corrected chi connectivity index (χ2v) is 5.66. The van der Waals surface area contributed by atoms with E-state index in [2.05, 4.69) is 10.6 Å². The number of benzene rings is 2. The Morgan fingerprint density at radius 3 is 2.41 bits per heavy atom. The molecule has 1 aliphatic heterocycles. The third-order valence-corrected chi connectivity index (χ3v) is 3.81. The van der Waals surface area contributed by atoms with E-state index < -0.39 is 30.1 Å². The van der Waals surface area contributed by atoms with E-state index in [4.69, 9.17) is 14.2 Å². The SMILES string of the molecule is CNC(=O)NC(=O)[C@@H](OC(=O)[C@@H]1COc2ccccc2O1)c1ccccc1. The molecule has 2 atom stereocenters. The maximum Gasteiger partial charge on any atom is 0.352 e. The molecule has 0 bridgehead atoms. The number of imide groups is 1. The van der Waals surface area contributed by atoms with E-state index in [9.17, 15) is 14.4 Å².